The molecule has 0 radical (unpaired) electrons. The van der Waals surface area contributed by atoms with Crippen molar-refractivity contribution in [3.05, 3.63) is 59.4 Å². The second-order valence-electron chi connectivity index (χ2n) is 9.28. The number of hydrogen-bond acceptors (Lipinski definition) is 5. The SMILES string of the molecule is N#Cc1cnc2cn(CC34CC(C(=O)N5N=CCC5c5cc(F)cc(F)c5)(C3)C4)nc2c1. The Morgan fingerprint density at radius 1 is 1.16 bits per heavy atom. The lowest BCUT2D eigenvalue weighted by Gasteiger charge is -2.69. The molecule has 1 aromatic carbocycles. The van der Waals surface area contributed by atoms with Gasteiger partial charge in [-0.2, -0.15) is 15.5 Å². The fourth-order valence-electron chi connectivity index (χ4n) is 5.73. The molecule has 1 aliphatic heterocycles. The van der Waals surface area contributed by atoms with Crippen molar-refractivity contribution in [2.75, 3.05) is 0 Å². The zero-order valence-electron chi connectivity index (χ0n) is 17.0. The quantitative estimate of drug-likeness (QED) is 0.629. The molecule has 3 aliphatic carbocycles. The molecule has 9 heteroatoms. The second-order valence-corrected chi connectivity index (χ2v) is 9.28. The van der Waals surface area contributed by atoms with Gasteiger partial charge >= 0.3 is 0 Å². The number of hydrazone groups is 1. The summed E-state index contributed by atoms with van der Waals surface area (Å²) in [7, 11) is 0. The Kier molecular flexibility index (Phi) is 3.82. The average molecular weight is 432 g/mol. The van der Waals surface area contributed by atoms with Crippen molar-refractivity contribution in [3.8, 4) is 6.07 Å². The van der Waals surface area contributed by atoms with Gasteiger partial charge in [-0.25, -0.2) is 13.8 Å². The number of halogens is 2. The van der Waals surface area contributed by atoms with E-state index in [1.165, 1.54) is 23.3 Å². The summed E-state index contributed by atoms with van der Waals surface area (Å²) in [5.74, 6) is -1.40. The maximum absolute atomic E-state index is 13.7. The van der Waals surface area contributed by atoms with Gasteiger partial charge < -0.3 is 0 Å². The molecule has 1 unspecified atom stereocenters. The van der Waals surface area contributed by atoms with Crippen LogP contribution in [-0.4, -0.2) is 31.9 Å². The van der Waals surface area contributed by atoms with Crippen LogP contribution < -0.4 is 0 Å². The lowest BCUT2D eigenvalue weighted by molar-refractivity contribution is -0.223. The van der Waals surface area contributed by atoms with Crippen LogP contribution in [0.4, 0.5) is 8.78 Å². The molecule has 3 fully saturated rings. The molecule has 2 aromatic heterocycles. The summed E-state index contributed by atoms with van der Waals surface area (Å²) in [4.78, 5) is 17.6. The van der Waals surface area contributed by atoms with E-state index < -0.39 is 23.1 Å². The summed E-state index contributed by atoms with van der Waals surface area (Å²) in [5, 5.41) is 19.2. The second kappa shape index (κ2) is 6.42. The molecule has 0 spiro atoms. The number of pyridine rings is 1. The minimum absolute atomic E-state index is 0.0136. The Labute approximate surface area is 182 Å². The third-order valence-electron chi connectivity index (χ3n) is 6.93. The van der Waals surface area contributed by atoms with Crippen LogP contribution in [0.25, 0.3) is 11.0 Å². The Balaban J connectivity index is 1.16. The van der Waals surface area contributed by atoms with Gasteiger partial charge in [-0.3, -0.25) is 14.5 Å². The van der Waals surface area contributed by atoms with Crippen LogP contribution in [0.2, 0.25) is 0 Å². The normalized spacial score (nSPS) is 27.8. The standard InChI is InChI=1S/C23H18F2N6O/c24-16-4-15(5-17(25)6-16)20-1-2-28-31(20)21(32)23-10-22(11-23,12-23)13-30-9-19-18(29-30)3-14(7-26)8-27-19/h2-6,8-9,20H,1,10-13H2. The Hall–Kier alpha value is -3.67. The highest BCUT2D eigenvalue weighted by Crippen LogP contribution is 2.74. The molecule has 0 N–H and O–H groups in total. The maximum Gasteiger partial charge on any atom is 0.249 e. The minimum Gasteiger partial charge on any atom is -0.272 e. The van der Waals surface area contributed by atoms with Gasteiger partial charge in [0.15, 0.2) is 0 Å². The first kappa shape index (κ1) is 19.0. The average Bonchev–Trinajstić information content (AvgIpc) is 3.34. The third kappa shape index (κ3) is 2.75. The molecule has 3 heterocycles. The van der Waals surface area contributed by atoms with Crippen molar-refractivity contribution in [1.29, 1.82) is 5.26 Å². The van der Waals surface area contributed by atoms with Crippen LogP contribution in [0.15, 0.2) is 41.8 Å². The van der Waals surface area contributed by atoms with Gasteiger partial charge in [0.05, 0.1) is 23.2 Å². The van der Waals surface area contributed by atoms with E-state index in [-0.39, 0.29) is 11.3 Å². The number of carbonyl (C=O) groups is 1. The molecule has 1 amide bonds. The van der Waals surface area contributed by atoms with Gasteiger partial charge in [-0.1, -0.05) is 0 Å². The van der Waals surface area contributed by atoms with Crippen LogP contribution in [0.5, 0.6) is 0 Å². The Morgan fingerprint density at radius 3 is 2.62 bits per heavy atom. The number of benzene rings is 1. The molecule has 1 atom stereocenters. The topological polar surface area (TPSA) is 87.2 Å². The summed E-state index contributed by atoms with van der Waals surface area (Å²) in [6.07, 6.45) is 7.68. The van der Waals surface area contributed by atoms with Crippen LogP contribution in [0, 0.1) is 33.8 Å². The molecular formula is C23H18F2N6O. The molecule has 0 saturated heterocycles. The van der Waals surface area contributed by atoms with E-state index in [0.717, 1.165) is 30.8 Å². The first-order valence-corrected chi connectivity index (χ1v) is 10.4. The Morgan fingerprint density at radius 2 is 1.91 bits per heavy atom. The molecule has 3 aromatic rings. The van der Waals surface area contributed by atoms with Crippen molar-refractivity contribution in [2.24, 2.45) is 15.9 Å². The van der Waals surface area contributed by atoms with Crippen molar-refractivity contribution in [3.63, 3.8) is 0 Å². The van der Waals surface area contributed by atoms with Gasteiger partial charge in [-0.15, -0.1) is 0 Å². The summed E-state index contributed by atoms with van der Waals surface area (Å²) in [6, 6.07) is 6.66. The molecular weight excluding hydrogens is 414 g/mol. The maximum atomic E-state index is 13.7. The van der Waals surface area contributed by atoms with E-state index in [0.29, 0.717) is 29.6 Å². The number of amides is 1. The highest BCUT2D eigenvalue weighted by Gasteiger charge is 2.72. The molecule has 4 aliphatic rings. The van der Waals surface area contributed by atoms with Gasteiger partial charge in [-0.05, 0) is 48.4 Å². The van der Waals surface area contributed by atoms with E-state index in [9.17, 15) is 13.6 Å². The smallest absolute Gasteiger partial charge is 0.249 e. The number of aromatic nitrogens is 3. The summed E-state index contributed by atoms with van der Waals surface area (Å²) in [5.41, 5.74) is 1.86. The summed E-state index contributed by atoms with van der Waals surface area (Å²) in [6.45, 7) is 0.683. The highest BCUT2D eigenvalue weighted by molar-refractivity contribution is 5.88. The highest BCUT2D eigenvalue weighted by atomic mass is 19.1. The van der Waals surface area contributed by atoms with Crippen molar-refractivity contribution < 1.29 is 13.6 Å². The van der Waals surface area contributed by atoms with Crippen LogP contribution in [-0.2, 0) is 11.3 Å². The monoisotopic (exact) mass is 432 g/mol. The zero-order chi connectivity index (χ0) is 22.1. The number of hydrogen-bond donors (Lipinski definition) is 0. The molecule has 3 saturated carbocycles. The molecule has 7 rings (SSSR count). The zero-order valence-corrected chi connectivity index (χ0v) is 17.0. The molecule has 2 bridgehead atoms. The Bertz CT molecular complexity index is 1320. The van der Waals surface area contributed by atoms with Crippen LogP contribution >= 0.6 is 0 Å². The number of nitrogens with zero attached hydrogens (tertiary/aromatic N) is 6. The predicted molar refractivity (Wildman–Crippen MR) is 110 cm³/mol. The van der Waals surface area contributed by atoms with Crippen LogP contribution in [0.3, 0.4) is 0 Å². The number of carbonyl (C=O) groups excluding carboxylic acids is 1. The lowest BCUT2D eigenvalue weighted by atomic mass is 9.34. The van der Waals surface area contributed by atoms with E-state index in [2.05, 4.69) is 21.3 Å². The summed E-state index contributed by atoms with van der Waals surface area (Å²) < 4.78 is 29.2. The number of fused-ring (bicyclic) bond motifs is 1. The largest absolute Gasteiger partial charge is 0.272 e. The molecule has 7 nitrogen and oxygen atoms in total. The van der Waals surface area contributed by atoms with Crippen LogP contribution in [0.1, 0.15) is 42.9 Å². The van der Waals surface area contributed by atoms with Crippen molar-refractivity contribution >= 4 is 23.2 Å². The minimum atomic E-state index is -0.660. The number of nitriles is 1. The molecule has 32 heavy (non-hydrogen) atoms. The summed E-state index contributed by atoms with van der Waals surface area (Å²) >= 11 is 0. The van der Waals surface area contributed by atoms with Crippen molar-refractivity contribution in [2.45, 2.75) is 38.3 Å². The fraction of sp³-hybridized carbons (Fsp3) is 0.348. The first-order valence-electron chi connectivity index (χ1n) is 10.4. The van der Waals surface area contributed by atoms with E-state index >= 15 is 0 Å². The third-order valence-corrected chi connectivity index (χ3v) is 6.93. The lowest BCUT2D eigenvalue weighted by Crippen LogP contribution is -2.68. The van der Waals surface area contributed by atoms with E-state index in [1.54, 1.807) is 12.3 Å². The van der Waals surface area contributed by atoms with Gasteiger partial charge in [0.25, 0.3) is 0 Å². The van der Waals surface area contributed by atoms with E-state index in [1.807, 2.05) is 10.9 Å². The van der Waals surface area contributed by atoms with Gasteiger partial charge in [0, 0.05) is 31.4 Å². The van der Waals surface area contributed by atoms with Crippen molar-refractivity contribution in [1.82, 2.24) is 19.8 Å². The van der Waals surface area contributed by atoms with Gasteiger partial charge in [0.2, 0.25) is 5.91 Å². The van der Waals surface area contributed by atoms with E-state index in [4.69, 9.17) is 5.26 Å². The predicted octanol–water partition coefficient (Wildman–Crippen LogP) is 3.71. The fourth-order valence-corrected chi connectivity index (χ4v) is 5.73. The van der Waals surface area contributed by atoms with Gasteiger partial charge in [0.1, 0.15) is 28.7 Å². The molecule has 160 valence electrons. The first-order chi connectivity index (χ1) is 15.4. The number of rotatable bonds is 4.